The first kappa shape index (κ1) is 20.0. The Labute approximate surface area is 158 Å². The number of alkyl halides is 6. The zero-order valence-electron chi connectivity index (χ0n) is 15.0. The first-order valence-electron chi connectivity index (χ1n) is 8.43. The maximum Gasteiger partial charge on any atom is 0.416 e. The molecule has 0 saturated heterocycles. The summed E-state index contributed by atoms with van der Waals surface area (Å²) in [7, 11) is 0. The standard InChI is InChI=1S/C22H16F6/c1-13-9-19(15-5-3-7-17(11-15)21(23,24)25)20(10-14(13)2)16-6-4-8-18(12-16)22(26,27)28/h3-12H,1-2H3. The summed E-state index contributed by atoms with van der Waals surface area (Å²) in [6.45, 7) is 3.62. The Kier molecular flexibility index (Phi) is 5.00. The van der Waals surface area contributed by atoms with Crippen molar-refractivity contribution in [3.63, 3.8) is 0 Å². The molecule has 0 aliphatic rings. The number of hydrogen-bond donors (Lipinski definition) is 0. The van der Waals surface area contributed by atoms with E-state index in [1.807, 2.05) is 13.8 Å². The summed E-state index contributed by atoms with van der Waals surface area (Å²) in [5.74, 6) is 0. The number of rotatable bonds is 2. The molecule has 0 aromatic heterocycles. The summed E-state index contributed by atoms with van der Waals surface area (Å²) < 4.78 is 78.7. The van der Waals surface area contributed by atoms with E-state index >= 15 is 0 Å². The van der Waals surface area contributed by atoms with Gasteiger partial charge in [-0.05, 0) is 71.5 Å². The van der Waals surface area contributed by atoms with E-state index in [0.717, 1.165) is 35.4 Å². The second kappa shape index (κ2) is 7.00. The monoisotopic (exact) mass is 394 g/mol. The van der Waals surface area contributed by atoms with Crippen LogP contribution in [0, 0.1) is 13.8 Å². The Morgan fingerprint density at radius 3 is 1.21 bits per heavy atom. The van der Waals surface area contributed by atoms with Gasteiger partial charge in [0.05, 0.1) is 11.1 Å². The van der Waals surface area contributed by atoms with Crippen LogP contribution in [0.3, 0.4) is 0 Å². The summed E-state index contributed by atoms with van der Waals surface area (Å²) in [5, 5.41) is 0. The first-order valence-corrected chi connectivity index (χ1v) is 8.43. The van der Waals surface area contributed by atoms with Crippen LogP contribution in [0.4, 0.5) is 26.3 Å². The molecule has 3 aromatic carbocycles. The molecule has 0 radical (unpaired) electrons. The Morgan fingerprint density at radius 1 is 0.536 bits per heavy atom. The second-order valence-corrected chi connectivity index (χ2v) is 6.64. The molecule has 6 heteroatoms. The third kappa shape index (κ3) is 4.06. The molecule has 0 spiro atoms. The lowest BCUT2D eigenvalue weighted by molar-refractivity contribution is -0.138. The van der Waals surface area contributed by atoms with Crippen LogP contribution in [0.25, 0.3) is 22.3 Å². The van der Waals surface area contributed by atoms with Gasteiger partial charge in [-0.3, -0.25) is 0 Å². The third-order valence-corrected chi connectivity index (χ3v) is 4.64. The highest BCUT2D eigenvalue weighted by atomic mass is 19.4. The van der Waals surface area contributed by atoms with Gasteiger partial charge in [0.15, 0.2) is 0 Å². The van der Waals surface area contributed by atoms with Gasteiger partial charge in [0.25, 0.3) is 0 Å². The van der Waals surface area contributed by atoms with E-state index in [2.05, 4.69) is 0 Å². The molecule has 28 heavy (non-hydrogen) atoms. The summed E-state index contributed by atoms with van der Waals surface area (Å²) >= 11 is 0. The number of halogens is 6. The minimum Gasteiger partial charge on any atom is -0.166 e. The smallest absolute Gasteiger partial charge is 0.166 e. The average molecular weight is 394 g/mol. The van der Waals surface area contributed by atoms with Crippen molar-refractivity contribution in [1.29, 1.82) is 0 Å². The number of hydrogen-bond acceptors (Lipinski definition) is 0. The van der Waals surface area contributed by atoms with E-state index in [4.69, 9.17) is 0 Å². The Morgan fingerprint density at radius 2 is 0.893 bits per heavy atom. The van der Waals surface area contributed by atoms with Crippen molar-refractivity contribution < 1.29 is 26.3 Å². The van der Waals surface area contributed by atoms with E-state index in [0.29, 0.717) is 22.3 Å². The van der Waals surface area contributed by atoms with Crippen LogP contribution in [-0.4, -0.2) is 0 Å². The molecule has 146 valence electrons. The molecule has 0 saturated carbocycles. The molecule has 0 amide bonds. The molecule has 3 aromatic rings. The van der Waals surface area contributed by atoms with Crippen LogP contribution in [-0.2, 0) is 12.4 Å². The lowest BCUT2D eigenvalue weighted by Crippen LogP contribution is -2.05. The van der Waals surface area contributed by atoms with E-state index < -0.39 is 23.5 Å². The molecule has 3 rings (SSSR count). The zero-order valence-corrected chi connectivity index (χ0v) is 15.0. The first-order chi connectivity index (χ1) is 13.0. The molecule has 0 atom stereocenters. The van der Waals surface area contributed by atoms with Crippen molar-refractivity contribution in [2.45, 2.75) is 26.2 Å². The van der Waals surface area contributed by atoms with Crippen LogP contribution in [0.2, 0.25) is 0 Å². The third-order valence-electron chi connectivity index (χ3n) is 4.64. The lowest BCUT2D eigenvalue weighted by atomic mass is 9.89. The number of aryl methyl sites for hydroxylation is 2. The molecule has 0 unspecified atom stereocenters. The van der Waals surface area contributed by atoms with Gasteiger partial charge in [0, 0.05) is 0 Å². The fourth-order valence-corrected chi connectivity index (χ4v) is 3.02. The molecule has 0 fully saturated rings. The highest BCUT2D eigenvalue weighted by Gasteiger charge is 2.32. The topological polar surface area (TPSA) is 0 Å². The quantitative estimate of drug-likeness (QED) is 0.391. The highest BCUT2D eigenvalue weighted by molar-refractivity contribution is 5.85. The van der Waals surface area contributed by atoms with Gasteiger partial charge in [-0.15, -0.1) is 0 Å². The molecular formula is C22H16F6. The van der Waals surface area contributed by atoms with E-state index in [1.54, 1.807) is 12.1 Å². The van der Waals surface area contributed by atoms with Crippen molar-refractivity contribution in [1.82, 2.24) is 0 Å². The Bertz CT molecular complexity index is 930. The highest BCUT2D eigenvalue weighted by Crippen LogP contribution is 2.39. The largest absolute Gasteiger partial charge is 0.416 e. The number of benzene rings is 3. The van der Waals surface area contributed by atoms with Gasteiger partial charge < -0.3 is 0 Å². The van der Waals surface area contributed by atoms with Crippen molar-refractivity contribution in [3.8, 4) is 22.3 Å². The predicted molar refractivity (Wildman–Crippen MR) is 96.8 cm³/mol. The van der Waals surface area contributed by atoms with Gasteiger partial charge in [0.2, 0.25) is 0 Å². The summed E-state index contributed by atoms with van der Waals surface area (Å²) in [6, 6.07) is 13.0. The van der Waals surface area contributed by atoms with Crippen LogP contribution in [0.5, 0.6) is 0 Å². The van der Waals surface area contributed by atoms with Crippen LogP contribution >= 0.6 is 0 Å². The minimum absolute atomic E-state index is 0.297. The lowest BCUT2D eigenvalue weighted by Gasteiger charge is -2.16. The van der Waals surface area contributed by atoms with Gasteiger partial charge >= 0.3 is 12.4 Å². The van der Waals surface area contributed by atoms with Gasteiger partial charge in [-0.25, -0.2) is 0 Å². The van der Waals surface area contributed by atoms with Crippen molar-refractivity contribution in [3.05, 3.63) is 82.9 Å². The molecular weight excluding hydrogens is 378 g/mol. The van der Waals surface area contributed by atoms with Crippen LogP contribution in [0.1, 0.15) is 22.3 Å². The van der Waals surface area contributed by atoms with Gasteiger partial charge in [-0.2, -0.15) is 26.3 Å². The van der Waals surface area contributed by atoms with E-state index in [1.165, 1.54) is 24.3 Å². The molecule has 0 nitrogen and oxygen atoms in total. The van der Waals surface area contributed by atoms with E-state index in [9.17, 15) is 26.3 Å². The fraction of sp³-hybridized carbons (Fsp3) is 0.182. The molecule has 0 bridgehead atoms. The van der Waals surface area contributed by atoms with Crippen LogP contribution in [0.15, 0.2) is 60.7 Å². The second-order valence-electron chi connectivity index (χ2n) is 6.64. The summed E-state index contributed by atoms with van der Waals surface area (Å²) in [6.07, 6.45) is -9.02. The summed E-state index contributed by atoms with van der Waals surface area (Å²) in [5.41, 5.74) is 1.56. The Balaban J connectivity index is 2.24. The van der Waals surface area contributed by atoms with E-state index in [-0.39, 0.29) is 0 Å². The molecule has 0 aliphatic heterocycles. The summed E-state index contributed by atoms with van der Waals surface area (Å²) in [4.78, 5) is 0. The average Bonchev–Trinajstić information content (AvgIpc) is 2.62. The Hall–Kier alpha value is -2.76. The normalized spacial score (nSPS) is 12.3. The predicted octanol–water partition coefficient (Wildman–Crippen LogP) is 7.68. The maximum absolute atomic E-state index is 13.1. The molecule has 0 N–H and O–H groups in total. The fourth-order valence-electron chi connectivity index (χ4n) is 3.02. The SMILES string of the molecule is Cc1cc(-c2cccc(C(F)(F)F)c2)c(-c2cccc(C(F)(F)F)c2)cc1C. The molecule has 0 aliphatic carbocycles. The van der Waals surface area contributed by atoms with Crippen molar-refractivity contribution in [2.24, 2.45) is 0 Å². The van der Waals surface area contributed by atoms with Crippen LogP contribution < -0.4 is 0 Å². The maximum atomic E-state index is 13.1. The van der Waals surface area contributed by atoms with Gasteiger partial charge in [0.1, 0.15) is 0 Å². The minimum atomic E-state index is -4.51. The zero-order chi connectivity index (χ0) is 20.7. The van der Waals surface area contributed by atoms with Crippen molar-refractivity contribution >= 4 is 0 Å². The van der Waals surface area contributed by atoms with Crippen molar-refractivity contribution in [2.75, 3.05) is 0 Å². The van der Waals surface area contributed by atoms with Gasteiger partial charge in [-0.1, -0.05) is 36.4 Å². The molecule has 0 heterocycles.